The Hall–Kier alpha value is -0.200. The average molecular weight is 245 g/mol. The van der Waals surface area contributed by atoms with Crippen LogP contribution >= 0.6 is 0 Å². The third kappa shape index (κ3) is 10.7. The summed E-state index contributed by atoms with van der Waals surface area (Å²) in [5, 5.41) is 3.48. The Morgan fingerprint density at radius 2 is 1.47 bits per heavy atom. The molecule has 0 aliphatic heterocycles. The number of hydrogen-bond donors (Lipinski definition) is 4. The molecule has 1 atom stereocenters. The predicted molar refractivity (Wildman–Crippen MR) is 74.9 cm³/mol. The van der Waals surface area contributed by atoms with Gasteiger partial charge in [0.15, 0.2) is 0 Å². The van der Waals surface area contributed by atoms with Crippen LogP contribution in [0.1, 0.15) is 26.2 Å². The highest BCUT2D eigenvalue weighted by molar-refractivity contribution is 4.68. The molecule has 1 unspecified atom stereocenters. The molecule has 0 aromatic rings. The molecular weight excluding hydrogens is 214 g/mol. The minimum absolute atomic E-state index is 0.497. The zero-order valence-corrected chi connectivity index (χ0v) is 11.3. The molecule has 17 heavy (non-hydrogen) atoms. The van der Waals surface area contributed by atoms with Crippen molar-refractivity contribution in [1.82, 2.24) is 10.2 Å². The molecule has 0 spiro atoms. The average Bonchev–Trinajstić information content (AvgIpc) is 2.33. The lowest BCUT2D eigenvalue weighted by atomic mass is 10.2. The maximum Gasteiger partial charge on any atom is 0.0166 e. The summed E-state index contributed by atoms with van der Waals surface area (Å²) in [6.45, 7) is 8.68. The molecule has 0 rings (SSSR count). The van der Waals surface area contributed by atoms with Crippen LogP contribution in [0.4, 0.5) is 0 Å². The molecule has 5 nitrogen and oxygen atoms in total. The van der Waals surface area contributed by atoms with Crippen molar-refractivity contribution in [3.63, 3.8) is 0 Å². The van der Waals surface area contributed by atoms with Gasteiger partial charge in [-0.2, -0.15) is 0 Å². The van der Waals surface area contributed by atoms with Crippen LogP contribution in [0, 0.1) is 0 Å². The molecule has 0 fully saturated rings. The Morgan fingerprint density at radius 1 is 0.941 bits per heavy atom. The van der Waals surface area contributed by atoms with E-state index in [0.29, 0.717) is 6.04 Å². The second kappa shape index (κ2) is 12.3. The SMILES string of the molecule is CC(CN(CCCN)CCCN)NCCCN. The molecule has 0 amide bonds. The van der Waals surface area contributed by atoms with E-state index in [-0.39, 0.29) is 0 Å². The Morgan fingerprint density at radius 3 is 1.94 bits per heavy atom. The molecule has 0 aliphatic rings. The minimum Gasteiger partial charge on any atom is -0.330 e. The lowest BCUT2D eigenvalue weighted by Gasteiger charge is -2.26. The van der Waals surface area contributed by atoms with Crippen LogP contribution in [-0.4, -0.2) is 56.8 Å². The van der Waals surface area contributed by atoms with Gasteiger partial charge >= 0.3 is 0 Å². The Bertz CT molecular complexity index is 146. The van der Waals surface area contributed by atoms with Gasteiger partial charge in [0, 0.05) is 12.6 Å². The van der Waals surface area contributed by atoms with Crippen molar-refractivity contribution in [1.29, 1.82) is 0 Å². The summed E-state index contributed by atoms with van der Waals surface area (Å²) in [6.07, 6.45) is 3.15. The van der Waals surface area contributed by atoms with E-state index in [0.717, 1.165) is 65.1 Å². The molecule has 104 valence electrons. The number of nitrogens with zero attached hydrogens (tertiary/aromatic N) is 1. The fourth-order valence-corrected chi connectivity index (χ4v) is 1.83. The van der Waals surface area contributed by atoms with Crippen molar-refractivity contribution in [3.8, 4) is 0 Å². The Labute approximate surface area is 106 Å². The molecule has 0 aromatic carbocycles. The monoisotopic (exact) mass is 245 g/mol. The summed E-state index contributed by atoms with van der Waals surface area (Å²) in [5.41, 5.74) is 16.6. The third-order valence-corrected chi connectivity index (χ3v) is 2.76. The van der Waals surface area contributed by atoms with Gasteiger partial charge < -0.3 is 27.4 Å². The Kier molecular flexibility index (Phi) is 12.1. The summed E-state index contributed by atoms with van der Waals surface area (Å²) in [5.74, 6) is 0. The van der Waals surface area contributed by atoms with E-state index >= 15 is 0 Å². The normalized spacial score (nSPS) is 13.2. The van der Waals surface area contributed by atoms with Crippen molar-refractivity contribution >= 4 is 0 Å². The Balaban J connectivity index is 3.76. The molecule has 7 N–H and O–H groups in total. The summed E-state index contributed by atoms with van der Waals surface area (Å²) in [4.78, 5) is 2.44. The van der Waals surface area contributed by atoms with Crippen molar-refractivity contribution in [2.75, 3.05) is 45.8 Å². The van der Waals surface area contributed by atoms with E-state index < -0.39 is 0 Å². The van der Waals surface area contributed by atoms with Crippen LogP contribution in [-0.2, 0) is 0 Å². The summed E-state index contributed by atoms with van der Waals surface area (Å²) < 4.78 is 0. The van der Waals surface area contributed by atoms with Gasteiger partial charge in [-0.25, -0.2) is 0 Å². The van der Waals surface area contributed by atoms with Crippen molar-refractivity contribution < 1.29 is 0 Å². The molecule has 0 bridgehead atoms. The highest BCUT2D eigenvalue weighted by Gasteiger charge is 2.08. The lowest BCUT2D eigenvalue weighted by Crippen LogP contribution is -2.41. The van der Waals surface area contributed by atoms with Crippen molar-refractivity contribution in [2.45, 2.75) is 32.2 Å². The topological polar surface area (TPSA) is 93.3 Å². The van der Waals surface area contributed by atoms with E-state index in [1.807, 2.05) is 0 Å². The van der Waals surface area contributed by atoms with Crippen LogP contribution < -0.4 is 22.5 Å². The third-order valence-electron chi connectivity index (χ3n) is 2.76. The van der Waals surface area contributed by atoms with Crippen LogP contribution in [0.3, 0.4) is 0 Å². The fraction of sp³-hybridized carbons (Fsp3) is 1.00. The predicted octanol–water partition coefficient (Wildman–Crippen LogP) is -0.687. The summed E-state index contributed by atoms with van der Waals surface area (Å²) in [6, 6.07) is 0.497. The standard InChI is InChI=1S/C12H31N5/c1-12(16-8-2-5-13)11-17(9-3-6-14)10-4-7-15/h12,16H,2-11,13-15H2,1H3. The molecular formula is C12H31N5. The second-order valence-corrected chi connectivity index (χ2v) is 4.58. The molecule has 0 saturated heterocycles. The molecule has 0 radical (unpaired) electrons. The first kappa shape index (κ1) is 16.8. The number of rotatable bonds is 12. The zero-order chi connectivity index (χ0) is 12.9. The van der Waals surface area contributed by atoms with Crippen LogP contribution in [0.5, 0.6) is 0 Å². The van der Waals surface area contributed by atoms with E-state index in [1.54, 1.807) is 0 Å². The number of nitrogens with two attached hydrogens (primary N) is 3. The van der Waals surface area contributed by atoms with Gasteiger partial charge in [0.2, 0.25) is 0 Å². The quantitative estimate of drug-likeness (QED) is 0.342. The fourth-order valence-electron chi connectivity index (χ4n) is 1.83. The number of hydrogen-bond acceptors (Lipinski definition) is 5. The first-order valence-corrected chi connectivity index (χ1v) is 6.80. The minimum atomic E-state index is 0.497. The smallest absolute Gasteiger partial charge is 0.0166 e. The van der Waals surface area contributed by atoms with E-state index in [9.17, 15) is 0 Å². The van der Waals surface area contributed by atoms with Crippen LogP contribution in [0.25, 0.3) is 0 Å². The van der Waals surface area contributed by atoms with E-state index in [1.165, 1.54) is 0 Å². The molecule has 0 aliphatic carbocycles. The summed E-state index contributed by atoms with van der Waals surface area (Å²) >= 11 is 0. The van der Waals surface area contributed by atoms with Crippen molar-refractivity contribution in [2.24, 2.45) is 17.2 Å². The molecule has 0 saturated carbocycles. The maximum absolute atomic E-state index is 5.55. The van der Waals surface area contributed by atoms with Gasteiger partial charge in [-0.05, 0) is 65.5 Å². The van der Waals surface area contributed by atoms with Gasteiger partial charge in [0.1, 0.15) is 0 Å². The zero-order valence-electron chi connectivity index (χ0n) is 11.3. The molecule has 0 aromatic heterocycles. The van der Waals surface area contributed by atoms with Gasteiger partial charge in [-0.3, -0.25) is 0 Å². The van der Waals surface area contributed by atoms with Gasteiger partial charge in [-0.15, -0.1) is 0 Å². The highest BCUT2D eigenvalue weighted by atomic mass is 15.1. The van der Waals surface area contributed by atoms with Gasteiger partial charge in [0.05, 0.1) is 0 Å². The largest absolute Gasteiger partial charge is 0.330 e. The summed E-state index contributed by atoms with van der Waals surface area (Å²) in [7, 11) is 0. The van der Waals surface area contributed by atoms with Gasteiger partial charge in [0.25, 0.3) is 0 Å². The van der Waals surface area contributed by atoms with E-state index in [4.69, 9.17) is 17.2 Å². The van der Waals surface area contributed by atoms with Gasteiger partial charge in [-0.1, -0.05) is 0 Å². The molecule has 0 heterocycles. The molecule has 5 heteroatoms. The van der Waals surface area contributed by atoms with E-state index in [2.05, 4.69) is 17.1 Å². The lowest BCUT2D eigenvalue weighted by molar-refractivity contribution is 0.244. The second-order valence-electron chi connectivity index (χ2n) is 4.58. The first-order chi connectivity index (χ1) is 8.24. The van der Waals surface area contributed by atoms with Crippen LogP contribution in [0.15, 0.2) is 0 Å². The number of nitrogens with one attached hydrogen (secondary N) is 1. The van der Waals surface area contributed by atoms with Crippen LogP contribution in [0.2, 0.25) is 0 Å². The van der Waals surface area contributed by atoms with Crippen molar-refractivity contribution in [3.05, 3.63) is 0 Å². The highest BCUT2D eigenvalue weighted by Crippen LogP contribution is 1.96. The first-order valence-electron chi connectivity index (χ1n) is 6.80. The maximum atomic E-state index is 5.55.